The predicted molar refractivity (Wildman–Crippen MR) is 143 cm³/mol. The quantitative estimate of drug-likeness (QED) is 0.291. The van der Waals surface area contributed by atoms with Crippen LogP contribution in [0.4, 0.5) is 0 Å². The van der Waals surface area contributed by atoms with Gasteiger partial charge >= 0.3 is 207 Å². The van der Waals surface area contributed by atoms with Crippen molar-refractivity contribution in [2.24, 2.45) is 0 Å². The van der Waals surface area contributed by atoms with E-state index in [0.29, 0.717) is 5.75 Å². The van der Waals surface area contributed by atoms with E-state index in [1.54, 1.807) is 19.2 Å². The van der Waals surface area contributed by atoms with Crippen LogP contribution < -0.4 is 4.74 Å². The van der Waals surface area contributed by atoms with Crippen molar-refractivity contribution in [1.29, 1.82) is 0 Å². The third-order valence-electron chi connectivity index (χ3n) is 5.23. The normalized spacial score (nSPS) is 13.0. The van der Waals surface area contributed by atoms with Crippen molar-refractivity contribution in [3.05, 3.63) is 91.1 Å². The van der Waals surface area contributed by atoms with Gasteiger partial charge in [0.25, 0.3) is 0 Å². The molecule has 0 amide bonds. The molecule has 0 aliphatic heterocycles. The number of benzene rings is 3. The summed E-state index contributed by atoms with van der Waals surface area (Å²) in [6, 6.07) is 22.5. The summed E-state index contributed by atoms with van der Waals surface area (Å²) in [5, 5.41) is 0. The molecule has 0 aliphatic carbocycles. The van der Waals surface area contributed by atoms with Crippen LogP contribution in [-0.4, -0.2) is 15.5 Å². The topological polar surface area (TPSA) is 52.6 Å². The predicted octanol–water partition coefficient (Wildman–Crippen LogP) is 7.16. The number of hydrogen-bond donors (Lipinski definition) is 0. The van der Waals surface area contributed by atoms with Gasteiger partial charge in [-0.25, -0.2) is 0 Å². The third kappa shape index (κ3) is 5.97. The molecule has 0 saturated heterocycles. The van der Waals surface area contributed by atoms with Crippen LogP contribution in [0, 0.1) is 7.14 Å². The van der Waals surface area contributed by atoms with E-state index < -0.39 is 30.4 Å². The molecular formula is C27H33IO4S. The van der Waals surface area contributed by atoms with E-state index in [1.807, 2.05) is 36.4 Å². The second-order valence-electron chi connectivity index (χ2n) is 9.90. The molecule has 3 aromatic rings. The number of hydrogen-bond acceptors (Lipinski definition) is 4. The van der Waals surface area contributed by atoms with Crippen LogP contribution in [0.1, 0.15) is 52.7 Å². The molecule has 0 spiro atoms. The molecule has 4 nitrogen and oxygen atoms in total. The monoisotopic (exact) mass is 580 g/mol. The summed E-state index contributed by atoms with van der Waals surface area (Å²) >= 11 is -2.90. The maximum absolute atomic E-state index is 13.5. The van der Waals surface area contributed by atoms with Crippen LogP contribution in [0.25, 0.3) is 0 Å². The molecule has 0 N–H and O–H groups in total. The number of rotatable bonds is 6. The average molecular weight is 581 g/mol. The molecule has 0 unspecified atom stereocenters. The van der Waals surface area contributed by atoms with Gasteiger partial charge in [0.15, 0.2) is 0 Å². The molecule has 0 aliphatic rings. The van der Waals surface area contributed by atoms with E-state index >= 15 is 0 Å². The first-order valence-corrected chi connectivity index (χ1v) is 15.3. The zero-order valence-electron chi connectivity index (χ0n) is 20.3. The van der Waals surface area contributed by atoms with Crippen LogP contribution in [0.15, 0.2) is 77.7 Å². The van der Waals surface area contributed by atoms with Crippen molar-refractivity contribution in [2.75, 3.05) is 7.11 Å². The molecule has 0 bridgehead atoms. The van der Waals surface area contributed by atoms with E-state index in [9.17, 15) is 8.42 Å². The second-order valence-corrected chi connectivity index (χ2v) is 16.2. The van der Waals surface area contributed by atoms with Crippen LogP contribution in [0.2, 0.25) is 0 Å². The minimum atomic E-state index is -3.99. The summed E-state index contributed by atoms with van der Waals surface area (Å²) < 4.78 is 40.4. The van der Waals surface area contributed by atoms with Crippen molar-refractivity contribution in [3.63, 3.8) is 0 Å². The maximum atomic E-state index is 13.5. The number of methoxy groups -OCH3 is 1. The van der Waals surface area contributed by atoms with Gasteiger partial charge in [0, 0.05) is 0 Å². The van der Waals surface area contributed by atoms with Gasteiger partial charge < -0.3 is 0 Å². The molecule has 6 heteroatoms. The Labute approximate surface area is 206 Å². The standard InChI is InChI=1S/C27H33IO4S/c1-26(2,3)22-12-8-10-14-24(22)28(25-15-11-9-13-23(25)27(4,5)6)32-33(29,30)21-18-16-20(31-7)17-19-21/h8-19H,1-7H3. The Balaban J connectivity index is 2.22. The molecular weight excluding hydrogens is 547 g/mol. The fourth-order valence-corrected chi connectivity index (χ4v) is 12.3. The molecule has 0 aromatic heterocycles. The molecule has 3 rings (SSSR count). The summed E-state index contributed by atoms with van der Waals surface area (Å²) in [6.45, 7) is 12.9. The minimum absolute atomic E-state index is 0.132. The average Bonchev–Trinajstić information content (AvgIpc) is 2.76. The molecule has 0 saturated carbocycles. The summed E-state index contributed by atoms with van der Waals surface area (Å²) in [5.74, 6) is 0.598. The van der Waals surface area contributed by atoms with Gasteiger partial charge in [-0.3, -0.25) is 0 Å². The third-order valence-corrected chi connectivity index (χ3v) is 12.9. The fourth-order valence-electron chi connectivity index (χ4n) is 3.48. The summed E-state index contributed by atoms with van der Waals surface area (Å²) in [4.78, 5) is 0.132. The zero-order valence-corrected chi connectivity index (χ0v) is 23.3. The molecule has 33 heavy (non-hydrogen) atoms. The summed E-state index contributed by atoms with van der Waals surface area (Å²) in [7, 11) is -2.44. The SMILES string of the molecule is COc1ccc(S(=O)(=O)OI(c2ccccc2C(C)(C)C)c2ccccc2C(C)(C)C)cc1. The molecule has 178 valence electrons. The van der Waals surface area contributed by atoms with E-state index in [0.717, 1.165) is 18.3 Å². The Morgan fingerprint density at radius 2 is 1.09 bits per heavy atom. The Kier molecular flexibility index (Phi) is 7.61. The molecule has 0 heterocycles. The van der Waals surface area contributed by atoms with Crippen molar-refractivity contribution in [1.82, 2.24) is 0 Å². The Morgan fingerprint density at radius 1 is 0.667 bits per heavy atom. The van der Waals surface area contributed by atoms with Crippen molar-refractivity contribution >= 4 is 30.4 Å². The van der Waals surface area contributed by atoms with Crippen molar-refractivity contribution < 1.29 is 15.7 Å². The van der Waals surface area contributed by atoms with Crippen molar-refractivity contribution in [2.45, 2.75) is 57.3 Å². The number of ether oxygens (including phenoxy) is 1. The van der Waals surface area contributed by atoms with Crippen molar-refractivity contribution in [3.8, 4) is 5.75 Å². The summed E-state index contributed by atoms with van der Waals surface area (Å²) in [5.41, 5.74) is 1.92. The van der Waals surface area contributed by atoms with Crippen LogP contribution in [-0.2, 0) is 23.5 Å². The molecule has 0 fully saturated rings. The van der Waals surface area contributed by atoms with Gasteiger partial charge in [-0.15, -0.1) is 0 Å². The van der Waals surface area contributed by atoms with Gasteiger partial charge in [-0.05, 0) is 0 Å². The zero-order chi connectivity index (χ0) is 24.4. The van der Waals surface area contributed by atoms with Gasteiger partial charge in [0.05, 0.1) is 0 Å². The molecule has 0 radical (unpaired) electrons. The Bertz CT molecular complexity index is 1150. The van der Waals surface area contributed by atoms with Gasteiger partial charge in [-0.1, -0.05) is 0 Å². The molecule has 0 atom stereocenters. The van der Waals surface area contributed by atoms with Gasteiger partial charge in [-0.2, -0.15) is 0 Å². The first-order chi connectivity index (χ1) is 15.3. The van der Waals surface area contributed by atoms with E-state index in [1.165, 1.54) is 12.1 Å². The first kappa shape index (κ1) is 25.7. The second kappa shape index (κ2) is 9.76. The van der Waals surface area contributed by atoms with Crippen LogP contribution in [0.3, 0.4) is 0 Å². The van der Waals surface area contributed by atoms with Crippen LogP contribution in [0.5, 0.6) is 5.75 Å². The first-order valence-electron chi connectivity index (χ1n) is 10.8. The van der Waals surface area contributed by atoms with Crippen LogP contribution >= 0.6 is 20.2 Å². The molecule has 3 aromatic carbocycles. The summed E-state index contributed by atoms with van der Waals surface area (Å²) in [6.07, 6.45) is 0. The Morgan fingerprint density at radius 3 is 1.48 bits per heavy atom. The van der Waals surface area contributed by atoms with E-state index in [4.69, 9.17) is 7.25 Å². The van der Waals surface area contributed by atoms with Gasteiger partial charge in [0.2, 0.25) is 0 Å². The Hall–Kier alpha value is -1.90. The number of halogens is 1. The van der Waals surface area contributed by atoms with E-state index in [-0.39, 0.29) is 15.7 Å². The van der Waals surface area contributed by atoms with E-state index in [2.05, 4.69) is 53.7 Å². The van der Waals surface area contributed by atoms with Gasteiger partial charge in [0.1, 0.15) is 0 Å². The fraction of sp³-hybridized carbons (Fsp3) is 0.333.